The molecule has 0 aromatic heterocycles. The highest BCUT2D eigenvalue weighted by Gasteiger charge is 2.36. The first kappa shape index (κ1) is 19.2. The van der Waals surface area contributed by atoms with E-state index < -0.39 is 16.7 Å². The molecule has 0 fully saturated rings. The van der Waals surface area contributed by atoms with Gasteiger partial charge in [0.05, 0.1) is 30.2 Å². The zero-order valence-electron chi connectivity index (χ0n) is 11.7. The predicted molar refractivity (Wildman–Crippen MR) is 91.3 cm³/mol. The van der Waals surface area contributed by atoms with E-state index in [1.807, 2.05) is 0 Å². The molecule has 0 atom stereocenters. The molecule has 0 amide bonds. The van der Waals surface area contributed by atoms with Crippen LogP contribution in [0.4, 0.5) is 5.69 Å². The minimum absolute atomic E-state index is 0.154. The van der Waals surface area contributed by atoms with E-state index in [-0.39, 0.29) is 23.9 Å². The molecule has 0 saturated heterocycles. The first-order valence-corrected chi connectivity index (χ1v) is 11.2. The van der Waals surface area contributed by atoms with Crippen LogP contribution in [0.15, 0.2) is 18.2 Å². The van der Waals surface area contributed by atoms with Gasteiger partial charge in [0.25, 0.3) is 0 Å². The molecule has 5 nitrogen and oxygen atoms in total. The molecular formula is C11H16Cl2NO4PS2. The second kappa shape index (κ2) is 7.59. The van der Waals surface area contributed by atoms with Gasteiger partial charge >= 0.3 is 6.64 Å². The molecule has 0 unspecified atom stereocenters. The van der Waals surface area contributed by atoms with Crippen LogP contribution in [0, 0.1) is 0 Å². The van der Waals surface area contributed by atoms with Gasteiger partial charge in [-0.3, -0.25) is 0 Å². The van der Waals surface area contributed by atoms with Crippen molar-refractivity contribution in [2.24, 2.45) is 0 Å². The van der Waals surface area contributed by atoms with Gasteiger partial charge in [-0.05, 0) is 43.9 Å². The Labute approximate surface area is 140 Å². The SMILES string of the molecule is CCOP(=S)(OCC)N(c1ccc(Cl)cc1Cl)S(C)(=O)=O. The minimum atomic E-state index is -3.75. The summed E-state index contributed by atoms with van der Waals surface area (Å²) in [4.78, 5) is 0. The van der Waals surface area contributed by atoms with Gasteiger partial charge in [-0.1, -0.05) is 23.2 Å². The van der Waals surface area contributed by atoms with Gasteiger partial charge in [-0.2, -0.15) is 4.08 Å². The first-order chi connectivity index (χ1) is 9.65. The van der Waals surface area contributed by atoms with Crippen LogP contribution in [0.25, 0.3) is 0 Å². The van der Waals surface area contributed by atoms with Crippen LogP contribution >= 0.6 is 29.8 Å². The summed E-state index contributed by atoms with van der Waals surface area (Å²) in [7, 11) is -3.75. The molecule has 0 heterocycles. The monoisotopic (exact) mass is 391 g/mol. The average molecular weight is 392 g/mol. The largest absolute Gasteiger partial charge is 0.313 e. The van der Waals surface area contributed by atoms with E-state index in [0.29, 0.717) is 5.02 Å². The lowest BCUT2D eigenvalue weighted by molar-refractivity contribution is 0.268. The highest BCUT2D eigenvalue weighted by Crippen LogP contribution is 2.57. The van der Waals surface area contributed by atoms with E-state index in [2.05, 4.69) is 0 Å². The van der Waals surface area contributed by atoms with E-state index in [9.17, 15) is 8.42 Å². The zero-order valence-corrected chi connectivity index (χ0v) is 15.8. The average Bonchev–Trinajstić information content (AvgIpc) is 2.31. The molecule has 10 heteroatoms. The van der Waals surface area contributed by atoms with Gasteiger partial charge in [0.15, 0.2) is 0 Å². The van der Waals surface area contributed by atoms with Crippen LogP contribution in [-0.2, 0) is 30.9 Å². The van der Waals surface area contributed by atoms with Gasteiger partial charge in [0.1, 0.15) is 0 Å². The van der Waals surface area contributed by atoms with Crippen LogP contribution in [0.5, 0.6) is 0 Å². The first-order valence-electron chi connectivity index (χ1n) is 6.00. The van der Waals surface area contributed by atoms with Gasteiger partial charge in [0, 0.05) is 5.02 Å². The maximum Gasteiger partial charge on any atom is 0.303 e. The predicted octanol–water partition coefficient (Wildman–Crippen LogP) is 4.06. The van der Waals surface area contributed by atoms with Crippen LogP contribution in [-0.4, -0.2) is 27.9 Å². The molecule has 1 aromatic carbocycles. The Morgan fingerprint density at radius 3 is 2.14 bits per heavy atom. The number of hydrogen-bond acceptors (Lipinski definition) is 5. The van der Waals surface area contributed by atoms with E-state index in [1.165, 1.54) is 18.2 Å². The molecule has 0 saturated carbocycles. The summed E-state index contributed by atoms with van der Waals surface area (Å²) in [6.45, 7) is 0.594. The topological polar surface area (TPSA) is 55.8 Å². The van der Waals surface area contributed by atoms with Gasteiger partial charge in [0.2, 0.25) is 10.0 Å². The molecule has 120 valence electrons. The summed E-state index contributed by atoms with van der Waals surface area (Å²) in [6.07, 6.45) is 1.02. The van der Waals surface area contributed by atoms with E-state index in [1.54, 1.807) is 13.8 Å². The van der Waals surface area contributed by atoms with Gasteiger partial charge in [-0.25, -0.2) is 8.42 Å². The highest BCUT2D eigenvalue weighted by molar-refractivity contribution is 8.17. The molecule has 0 aliphatic carbocycles. The Morgan fingerprint density at radius 2 is 1.76 bits per heavy atom. The van der Waals surface area contributed by atoms with Crippen molar-refractivity contribution in [2.45, 2.75) is 13.8 Å². The molecule has 0 aliphatic rings. The number of nitrogens with zero attached hydrogens (tertiary/aromatic N) is 1. The Bertz CT molecular complexity index is 644. The molecule has 0 radical (unpaired) electrons. The number of anilines is 1. The summed E-state index contributed by atoms with van der Waals surface area (Å²) in [5.41, 5.74) is 0.189. The Hall–Kier alpha value is 0.120. The third-order valence-electron chi connectivity index (χ3n) is 2.24. The molecule has 21 heavy (non-hydrogen) atoms. The Morgan fingerprint density at radius 1 is 1.24 bits per heavy atom. The maximum atomic E-state index is 12.2. The molecule has 0 N–H and O–H groups in total. The standard InChI is InChI=1S/C11H16Cl2NO4PS2/c1-4-17-19(20,18-5-2)14(21(3,15)16)11-7-6-9(12)8-10(11)13/h6-8H,4-5H2,1-3H3. The number of sulfonamides is 1. The fraction of sp³-hybridized carbons (Fsp3) is 0.455. The lowest BCUT2D eigenvalue weighted by Crippen LogP contribution is -2.29. The zero-order chi connectivity index (χ0) is 16.3. The normalized spacial score (nSPS) is 12.4. The summed E-state index contributed by atoms with van der Waals surface area (Å²) in [5, 5.41) is 0.542. The fourth-order valence-electron chi connectivity index (χ4n) is 1.60. The summed E-state index contributed by atoms with van der Waals surface area (Å²) in [6, 6.07) is 4.44. The third-order valence-corrected chi connectivity index (χ3v) is 8.40. The van der Waals surface area contributed by atoms with Gasteiger partial charge < -0.3 is 9.05 Å². The second-order valence-corrected chi connectivity index (χ2v) is 10.1. The molecular weight excluding hydrogens is 376 g/mol. The Kier molecular flexibility index (Phi) is 6.93. The Balaban J connectivity index is 3.52. The van der Waals surface area contributed by atoms with Crippen LogP contribution in [0.2, 0.25) is 10.0 Å². The van der Waals surface area contributed by atoms with Crippen molar-refractivity contribution in [3.8, 4) is 0 Å². The van der Waals surface area contributed by atoms with Crippen molar-refractivity contribution in [2.75, 3.05) is 23.5 Å². The molecule has 1 rings (SSSR count). The van der Waals surface area contributed by atoms with Crippen LogP contribution in [0.3, 0.4) is 0 Å². The van der Waals surface area contributed by atoms with Crippen molar-refractivity contribution < 1.29 is 17.5 Å². The number of hydrogen-bond donors (Lipinski definition) is 0. The van der Waals surface area contributed by atoms with Crippen molar-refractivity contribution in [1.29, 1.82) is 0 Å². The van der Waals surface area contributed by atoms with Crippen LogP contribution in [0.1, 0.15) is 13.8 Å². The highest BCUT2D eigenvalue weighted by atomic mass is 35.5. The maximum absolute atomic E-state index is 12.2. The van der Waals surface area contributed by atoms with Crippen molar-refractivity contribution in [3.05, 3.63) is 28.2 Å². The number of halogens is 2. The molecule has 0 bridgehead atoms. The number of rotatable bonds is 7. The smallest absolute Gasteiger partial charge is 0.303 e. The third kappa shape index (κ3) is 4.79. The number of benzene rings is 1. The summed E-state index contributed by atoms with van der Waals surface area (Å²) in [5.74, 6) is 0. The van der Waals surface area contributed by atoms with E-state index >= 15 is 0 Å². The summed E-state index contributed by atoms with van der Waals surface area (Å²) < 4.78 is 36.3. The van der Waals surface area contributed by atoms with Crippen molar-refractivity contribution in [3.63, 3.8) is 0 Å². The molecule has 0 spiro atoms. The molecule has 0 aliphatic heterocycles. The quantitative estimate of drug-likeness (QED) is 0.656. The van der Waals surface area contributed by atoms with E-state index in [0.717, 1.165) is 10.3 Å². The van der Waals surface area contributed by atoms with E-state index in [4.69, 9.17) is 44.1 Å². The lowest BCUT2D eigenvalue weighted by Gasteiger charge is -2.33. The minimum Gasteiger partial charge on any atom is -0.313 e. The lowest BCUT2D eigenvalue weighted by atomic mass is 10.3. The second-order valence-electron chi connectivity index (χ2n) is 3.91. The van der Waals surface area contributed by atoms with Crippen LogP contribution < -0.4 is 4.08 Å². The summed E-state index contributed by atoms with van der Waals surface area (Å²) >= 11 is 17.3. The fourth-order valence-corrected chi connectivity index (χ4v) is 7.81. The van der Waals surface area contributed by atoms with Gasteiger partial charge in [-0.15, -0.1) is 0 Å². The molecule has 1 aromatic rings. The van der Waals surface area contributed by atoms with Crippen molar-refractivity contribution >= 4 is 57.4 Å². The van der Waals surface area contributed by atoms with Crippen molar-refractivity contribution in [1.82, 2.24) is 0 Å².